The van der Waals surface area contributed by atoms with Crippen molar-refractivity contribution in [3.05, 3.63) is 29.8 Å². The fourth-order valence-electron chi connectivity index (χ4n) is 2.44. The normalized spacial score (nSPS) is 21.6. The first kappa shape index (κ1) is 16.8. The van der Waals surface area contributed by atoms with E-state index >= 15 is 0 Å². The Morgan fingerprint density at radius 1 is 1.24 bits per heavy atom. The second-order valence-electron chi connectivity index (χ2n) is 6.68. The van der Waals surface area contributed by atoms with E-state index in [2.05, 4.69) is 50.4 Å². The quantitative estimate of drug-likeness (QED) is 0.667. The summed E-state index contributed by atoms with van der Waals surface area (Å²) in [6.07, 6.45) is 0.757. The van der Waals surface area contributed by atoms with Crippen LogP contribution in [0.3, 0.4) is 0 Å². The average molecular weight is 328 g/mol. The van der Waals surface area contributed by atoms with E-state index in [4.69, 9.17) is 0 Å². The predicted molar refractivity (Wildman–Crippen MR) is 90.9 cm³/mol. The van der Waals surface area contributed by atoms with Gasteiger partial charge in [-0.2, -0.15) is 0 Å². The summed E-state index contributed by atoms with van der Waals surface area (Å²) >= 11 is 1.81. The molecule has 1 fully saturated rings. The molecule has 0 spiro atoms. The largest absolute Gasteiger partial charge is 0.312 e. The molecule has 1 aliphatic rings. The van der Waals surface area contributed by atoms with Gasteiger partial charge in [0, 0.05) is 23.2 Å². The predicted octanol–water partition coefficient (Wildman–Crippen LogP) is 2.85. The smallest absolute Gasteiger partial charge is 0.151 e. The number of hydrogen-bond donors (Lipinski definition) is 1. The van der Waals surface area contributed by atoms with Crippen molar-refractivity contribution in [3.8, 4) is 0 Å². The third-order valence-electron chi connectivity index (χ3n) is 3.76. The van der Waals surface area contributed by atoms with Crippen molar-refractivity contribution in [2.24, 2.45) is 0 Å². The highest BCUT2D eigenvalue weighted by Gasteiger charge is 2.26. The average Bonchev–Trinajstić information content (AvgIpc) is 2.74. The Kier molecular flexibility index (Phi) is 5.38. The maximum absolute atomic E-state index is 11.4. The molecule has 118 valence electrons. The van der Waals surface area contributed by atoms with Gasteiger partial charge in [-0.1, -0.05) is 32.9 Å². The molecular weight excluding hydrogens is 302 g/mol. The van der Waals surface area contributed by atoms with E-state index in [9.17, 15) is 8.42 Å². The zero-order valence-corrected chi connectivity index (χ0v) is 14.7. The summed E-state index contributed by atoms with van der Waals surface area (Å²) in [7, 11) is -2.77. The second kappa shape index (κ2) is 6.71. The standard InChI is InChI=1S/C16H25NO2S2/c1-16(2,3)13-4-6-15(7-5-13)20-10-9-17-14-8-11-21(18,19)12-14/h4-7,14,17H,8-12H2,1-3H3. The molecule has 1 heterocycles. The molecule has 1 aromatic carbocycles. The van der Waals surface area contributed by atoms with Crippen LogP contribution in [0.5, 0.6) is 0 Å². The van der Waals surface area contributed by atoms with Crippen molar-refractivity contribution < 1.29 is 8.42 Å². The summed E-state index contributed by atoms with van der Waals surface area (Å²) in [5.41, 5.74) is 1.54. The Bertz CT molecular complexity index is 559. The monoisotopic (exact) mass is 327 g/mol. The van der Waals surface area contributed by atoms with E-state index in [-0.39, 0.29) is 11.5 Å². The van der Waals surface area contributed by atoms with Crippen LogP contribution in [0.15, 0.2) is 29.2 Å². The van der Waals surface area contributed by atoms with Crippen LogP contribution in [0, 0.1) is 0 Å². The van der Waals surface area contributed by atoms with Crippen molar-refractivity contribution in [1.29, 1.82) is 0 Å². The lowest BCUT2D eigenvalue weighted by atomic mass is 9.87. The molecule has 1 unspecified atom stereocenters. The minimum absolute atomic E-state index is 0.152. The number of benzene rings is 1. The van der Waals surface area contributed by atoms with Crippen molar-refractivity contribution in [2.75, 3.05) is 23.8 Å². The van der Waals surface area contributed by atoms with Gasteiger partial charge < -0.3 is 5.32 Å². The van der Waals surface area contributed by atoms with E-state index in [0.717, 1.165) is 18.7 Å². The highest BCUT2D eigenvalue weighted by atomic mass is 32.2. The molecule has 1 aliphatic heterocycles. The summed E-state index contributed by atoms with van der Waals surface area (Å²) in [5.74, 6) is 1.61. The highest BCUT2D eigenvalue weighted by molar-refractivity contribution is 7.99. The molecule has 1 atom stereocenters. The number of sulfone groups is 1. The van der Waals surface area contributed by atoms with Crippen molar-refractivity contribution in [1.82, 2.24) is 5.32 Å². The van der Waals surface area contributed by atoms with Gasteiger partial charge in [-0.3, -0.25) is 0 Å². The lowest BCUT2D eigenvalue weighted by Crippen LogP contribution is -2.31. The fraction of sp³-hybridized carbons (Fsp3) is 0.625. The number of rotatable bonds is 5. The lowest BCUT2D eigenvalue weighted by Gasteiger charge is -2.19. The molecule has 0 aliphatic carbocycles. The maximum atomic E-state index is 11.4. The van der Waals surface area contributed by atoms with Crippen molar-refractivity contribution in [2.45, 2.75) is 43.5 Å². The zero-order valence-electron chi connectivity index (χ0n) is 13.1. The Balaban J connectivity index is 1.72. The van der Waals surface area contributed by atoms with Gasteiger partial charge in [-0.25, -0.2) is 8.42 Å². The van der Waals surface area contributed by atoms with E-state index < -0.39 is 9.84 Å². The summed E-state index contributed by atoms with van der Waals surface area (Å²) in [6.45, 7) is 7.50. The van der Waals surface area contributed by atoms with Crippen LogP contribution in [0.25, 0.3) is 0 Å². The zero-order chi connectivity index (χ0) is 15.5. The summed E-state index contributed by atoms with van der Waals surface area (Å²) in [5, 5.41) is 3.34. The van der Waals surface area contributed by atoms with Crippen LogP contribution in [0.1, 0.15) is 32.8 Å². The van der Waals surface area contributed by atoms with E-state index in [0.29, 0.717) is 11.5 Å². The minimum atomic E-state index is -2.77. The van der Waals surface area contributed by atoms with E-state index in [1.54, 1.807) is 0 Å². The van der Waals surface area contributed by atoms with Crippen molar-refractivity contribution >= 4 is 21.6 Å². The molecule has 3 nitrogen and oxygen atoms in total. The molecule has 0 bridgehead atoms. The van der Waals surface area contributed by atoms with Gasteiger partial charge in [0.15, 0.2) is 9.84 Å². The highest BCUT2D eigenvalue weighted by Crippen LogP contribution is 2.25. The summed E-state index contributed by atoms with van der Waals surface area (Å²) in [4.78, 5) is 1.27. The van der Waals surface area contributed by atoms with E-state index in [1.165, 1.54) is 10.5 Å². The molecule has 0 amide bonds. The van der Waals surface area contributed by atoms with Gasteiger partial charge in [0.25, 0.3) is 0 Å². The topological polar surface area (TPSA) is 46.2 Å². The van der Waals surface area contributed by atoms with Gasteiger partial charge in [0.2, 0.25) is 0 Å². The van der Waals surface area contributed by atoms with Gasteiger partial charge >= 0.3 is 0 Å². The maximum Gasteiger partial charge on any atom is 0.151 e. The number of thioether (sulfide) groups is 1. The Morgan fingerprint density at radius 3 is 2.43 bits per heavy atom. The Labute approximate surface area is 132 Å². The summed E-state index contributed by atoms with van der Waals surface area (Å²) in [6, 6.07) is 8.88. The van der Waals surface area contributed by atoms with Gasteiger partial charge in [0.1, 0.15) is 0 Å². The minimum Gasteiger partial charge on any atom is -0.312 e. The number of hydrogen-bond acceptors (Lipinski definition) is 4. The van der Waals surface area contributed by atoms with Crippen molar-refractivity contribution in [3.63, 3.8) is 0 Å². The van der Waals surface area contributed by atoms with Crippen LogP contribution in [-0.2, 0) is 15.3 Å². The molecule has 0 aromatic heterocycles. The van der Waals surface area contributed by atoms with Crippen LogP contribution in [0.4, 0.5) is 0 Å². The van der Waals surface area contributed by atoms with Crippen LogP contribution in [0.2, 0.25) is 0 Å². The first-order valence-electron chi connectivity index (χ1n) is 7.43. The van der Waals surface area contributed by atoms with Gasteiger partial charge in [0.05, 0.1) is 11.5 Å². The van der Waals surface area contributed by atoms with Crippen LogP contribution < -0.4 is 5.32 Å². The van der Waals surface area contributed by atoms with Gasteiger partial charge in [-0.05, 0) is 29.5 Å². The van der Waals surface area contributed by atoms with Crippen LogP contribution >= 0.6 is 11.8 Å². The molecule has 1 saturated heterocycles. The molecule has 0 radical (unpaired) electrons. The summed E-state index contributed by atoms with van der Waals surface area (Å²) < 4.78 is 22.7. The third-order valence-corrected chi connectivity index (χ3v) is 6.54. The molecule has 2 rings (SSSR count). The van der Waals surface area contributed by atoms with Crippen LogP contribution in [-0.4, -0.2) is 38.3 Å². The fourth-order valence-corrected chi connectivity index (χ4v) is 4.93. The molecule has 21 heavy (non-hydrogen) atoms. The SMILES string of the molecule is CC(C)(C)c1ccc(SCCNC2CCS(=O)(=O)C2)cc1. The first-order valence-corrected chi connectivity index (χ1v) is 10.2. The Morgan fingerprint density at radius 2 is 1.90 bits per heavy atom. The second-order valence-corrected chi connectivity index (χ2v) is 10.1. The number of nitrogens with one attached hydrogen (secondary N) is 1. The van der Waals surface area contributed by atoms with E-state index in [1.807, 2.05) is 11.8 Å². The lowest BCUT2D eigenvalue weighted by molar-refractivity contribution is 0.574. The molecular formula is C16H25NO2S2. The third kappa shape index (κ3) is 5.31. The molecule has 5 heteroatoms. The Hall–Kier alpha value is -0.520. The molecule has 1 N–H and O–H groups in total. The molecule has 1 aromatic rings. The first-order chi connectivity index (χ1) is 9.76. The molecule has 0 saturated carbocycles. The van der Waals surface area contributed by atoms with Gasteiger partial charge in [-0.15, -0.1) is 11.8 Å².